The zero-order valence-electron chi connectivity index (χ0n) is 12.2. The van der Waals surface area contributed by atoms with Crippen molar-refractivity contribution in [2.24, 2.45) is 17.8 Å². The van der Waals surface area contributed by atoms with E-state index in [2.05, 4.69) is 32.9 Å². The summed E-state index contributed by atoms with van der Waals surface area (Å²) in [6.07, 6.45) is 3.48. The molecule has 0 aromatic heterocycles. The number of rotatable bonds is 4. The Morgan fingerprint density at radius 2 is 1.79 bits per heavy atom. The van der Waals surface area contributed by atoms with Crippen LogP contribution >= 0.6 is 11.8 Å². The SMILES string of the molecule is Cc1ccccc1SCC(=O)C1CC(C)CC(C)C1. The monoisotopic (exact) mass is 276 g/mol. The van der Waals surface area contributed by atoms with E-state index in [-0.39, 0.29) is 0 Å². The average Bonchev–Trinajstić information content (AvgIpc) is 2.36. The number of ketones is 1. The average molecular weight is 276 g/mol. The first-order valence-electron chi connectivity index (χ1n) is 7.27. The molecule has 0 aliphatic heterocycles. The Morgan fingerprint density at radius 3 is 2.42 bits per heavy atom. The maximum Gasteiger partial charge on any atom is 0.146 e. The van der Waals surface area contributed by atoms with E-state index >= 15 is 0 Å². The fourth-order valence-corrected chi connectivity index (χ4v) is 4.20. The molecule has 0 amide bonds. The standard InChI is InChI=1S/C17H24OS/c1-12-8-13(2)10-15(9-12)16(18)11-19-17-7-5-4-6-14(17)3/h4-7,12-13,15H,8-11H2,1-3H3. The number of carbonyl (C=O) groups is 1. The predicted molar refractivity (Wildman–Crippen MR) is 82.6 cm³/mol. The first-order chi connectivity index (χ1) is 9.06. The van der Waals surface area contributed by atoms with Crippen LogP contribution in [0, 0.1) is 24.7 Å². The maximum atomic E-state index is 12.4. The summed E-state index contributed by atoms with van der Waals surface area (Å²) in [7, 11) is 0. The van der Waals surface area contributed by atoms with Gasteiger partial charge in [-0.2, -0.15) is 0 Å². The number of hydrogen-bond donors (Lipinski definition) is 0. The minimum Gasteiger partial charge on any atom is -0.298 e. The number of hydrogen-bond acceptors (Lipinski definition) is 2. The van der Waals surface area contributed by atoms with E-state index < -0.39 is 0 Å². The summed E-state index contributed by atoms with van der Waals surface area (Å²) < 4.78 is 0. The zero-order valence-corrected chi connectivity index (χ0v) is 13.0. The van der Waals surface area contributed by atoms with E-state index in [9.17, 15) is 4.79 Å². The predicted octanol–water partition coefficient (Wildman–Crippen LogP) is 4.73. The van der Waals surface area contributed by atoms with Crippen molar-refractivity contribution < 1.29 is 4.79 Å². The van der Waals surface area contributed by atoms with Gasteiger partial charge in [-0.25, -0.2) is 0 Å². The summed E-state index contributed by atoms with van der Waals surface area (Å²) in [6, 6.07) is 8.31. The van der Waals surface area contributed by atoms with Gasteiger partial charge in [0.1, 0.15) is 5.78 Å². The molecule has 0 spiro atoms. The lowest BCUT2D eigenvalue weighted by molar-refractivity contribution is -0.122. The fourth-order valence-electron chi connectivity index (χ4n) is 3.19. The smallest absolute Gasteiger partial charge is 0.146 e. The van der Waals surface area contributed by atoms with Crippen LogP contribution in [0.1, 0.15) is 38.7 Å². The third-order valence-electron chi connectivity index (χ3n) is 4.10. The third kappa shape index (κ3) is 4.10. The molecule has 0 bridgehead atoms. The van der Waals surface area contributed by atoms with Crippen molar-refractivity contribution in [2.75, 3.05) is 5.75 Å². The van der Waals surface area contributed by atoms with Crippen LogP contribution in [0.3, 0.4) is 0 Å². The summed E-state index contributed by atoms with van der Waals surface area (Å²) >= 11 is 1.70. The molecule has 1 saturated carbocycles. The molecule has 1 aliphatic carbocycles. The minimum absolute atomic E-state index is 0.301. The van der Waals surface area contributed by atoms with E-state index in [4.69, 9.17) is 0 Å². The highest BCUT2D eigenvalue weighted by Gasteiger charge is 2.28. The molecule has 2 unspecified atom stereocenters. The van der Waals surface area contributed by atoms with E-state index in [1.807, 2.05) is 12.1 Å². The van der Waals surface area contributed by atoms with Gasteiger partial charge < -0.3 is 0 Å². The van der Waals surface area contributed by atoms with Crippen LogP contribution in [0.4, 0.5) is 0 Å². The molecule has 1 fully saturated rings. The normalized spacial score (nSPS) is 27.2. The van der Waals surface area contributed by atoms with Gasteiger partial charge in [-0.05, 0) is 49.7 Å². The second-order valence-corrected chi connectivity index (χ2v) is 7.15. The van der Waals surface area contributed by atoms with Crippen molar-refractivity contribution in [3.63, 3.8) is 0 Å². The van der Waals surface area contributed by atoms with Crippen LogP contribution in [-0.2, 0) is 4.79 Å². The lowest BCUT2D eigenvalue weighted by atomic mass is 9.75. The molecular weight excluding hydrogens is 252 g/mol. The lowest BCUT2D eigenvalue weighted by Gasteiger charge is -2.30. The molecule has 0 heterocycles. The van der Waals surface area contributed by atoms with Gasteiger partial charge in [0, 0.05) is 10.8 Å². The third-order valence-corrected chi connectivity index (χ3v) is 5.30. The summed E-state index contributed by atoms with van der Waals surface area (Å²) in [5, 5.41) is 0. The molecule has 1 aliphatic rings. The Kier molecular flexibility index (Phi) is 5.09. The molecule has 0 saturated heterocycles. The van der Waals surface area contributed by atoms with Crippen LogP contribution in [-0.4, -0.2) is 11.5 Å². The van der Waals surface area contributed by atoms with Crippen molar-refractivity contribution in [3.05, 3.63) is 29.8 Å². The summed E-state index contributed by atoms with van der Waals surface area (Å²) in [6.45, 7) is 6.67. The van der Waals surface area contributed by atoms with Crippen LogP contribution in [0.15, 0.2) is 29.2 Å². The van der Waals surface area contributed by atoms with E-state index in [0.29, 0.717) is 29.3 Å². The Morgan fingerprint density at radius 1 is 1.16 bits per heavy atom. The molecule has 1 nitrogen and oxygen atoms in total. The number of benzene rings is 1. The van der Waals surface area contributed by atoms with Gasteiger partial charge in [0.25, 0.3) is 0 Å². The molecule has 1 aromatic carbocycles. The Bertz CT molecular complexity index is 431. The molecule has 104 valence electrons. The second-order valence-electron chi connectivity index (χ2n) is 6.13. The molecular formula is C17H24OS. The highest BCUT2D eigenvalue weighted by Crippen LogP contribution is 2.34. The van der Waals surface area contributed by atoms with Crippen LogP contribution < -0.4 is 0 Å². The summed E-state index contributed by atoms with van der Waals surface area (Å²) in [5.41, 5.74) is 1.27. The highest BCUT2D eigenvalue weighted by atomic mass is 32.2. The Balaban J connectivity index is 1.89. The first-order valence-corrected chi connectivity index (χ1v) is 8.26. The number of aryl methyl sites for hydroxylation is 1. The molecule has 2 rings (SSSR count). The van der Waals surface area contributed by atoms with E-state index in [1.165, 1.54) is 16.9 Å². The number of thioether (sulfide) groups is 1. The summed E-state index contributed by atoms with van der Waals surface area (Å²) in [5.74, 6) is 2.80. The van der Waals surface area contributed by atoms with Crippen molar-refractivity contribution in [1.29, 1.82) is 0 Å². The largest absolute Gasteiger partial charge is 0.298 e. The molecule has 0 N–H and O–H groups in total. The lowest BCUT2D eigenvalue weighted by Crippen LogP contribution is -2.27. The van der Waals surface area contributed by atoms with Crippen molar-refractivity contribution >= 4 is 17.5 Å². The van der Waals surface area contributed by atoms with Crippen molar-refractivity contribution in [3.8, 4) is 0 Å². The van der Waals surface area contributed by atoms with Gasteiger partial charge in [0.15, 0.2) is 0 Å². The van der Waals surface area contributed by atoms with Crippen LogP contribution in [0.25, 0.3) is 0 Å². The molecule has 0 radical (unpaired) electrons. The highest BCUT2D eigenvalue weighted by molar-refractivity contribution is 8.00. The van der Waals surface area contributed by atoms with Gasteiger partial charge in [-0.3, -0.25) is 4.79 Å². The fraction of sp³-hybridized carbons (Fsp3) is 0.588. The molecule has 19 heavy (non-hydrogen) atoms. The van der Waals surface area contributed by atoms with Crippen LogP contribution in [0.2, 0.25) is 0 Å². The van der Waals surface area contributed by atoms with Gasteiger partial charge in [-0.15, -0.1) is 11.8 Å². The molecule has 2 heteroatoms. The van der Waals surface area contributed by atoms with Gasteiger partial charge in [-0.1, -0.05) is 32.0 Å². The van der Waals surface area contributed by atoms with Crippen LogP contribution in [0.5, 0.6) is 0 Å². The topological polar surface area (TPSA) is 17.1 Å². The summed E-state index contributed by atoms with van der Waals surface area (Å²) in [4.78, 5) is 13.6. The van der Waals surface area contributed by atoms with E-state index in [0.717, 1.165) is 12.8 Å². The van der Waals surface area contributed by atoms with Crippen molar-refractivity contribution in [1.82, 2.24) is 0 Å². The first kappa shape index (κ1) is 14.6. The molecule has 2 atom stereocenters. The number of Topliss-reactive ketones (excluding diaryl/α,β-unsaturated/α-hetero) is 1. The minimum atomic E-state index is 0.301. The van der Waals surface area contributed by atoms with Gasteiger partial charge in [0.05, 0.1) is 5.75 Å². The quantitative estimate of drug-likeness (QED) is 0.740. The van der Waals surface area contributed by atoms with Crippen molar-refractivity contribution in [2.45, 2.75) is 44.9 Å². The van der Waals surface area contributed by atoms with Gasteiger partial charge >= 0.3 is 0 Å². The second kappa shape index (κ2) is 6.60. The maximum absolute atomic E-state index is 12.4. The molecule has 1 aromatic rings. The zero-order chi connectivity index (χ0) is 13.8. The van der Waals surface area contributed by atoms with Gasteiger partial charge in [0.2, 0.25) is 0 Å². The Hall–Kier alpha value is -0.760. The van der Waals surface area contributed by atoms with E-state index in [1.54, 1.807) is 11.8 Å². The Labute approximate surface area is 121 Å². The number of carbonyl (C=O) groups excluding carboxylic acids is 1.